The lowest BCUT2D eigenvalue weighted by atomic mass is 10.2. The van der Waals surface area contributed by atoms with Crippen LogP contribution in [-0.4, -0.2) is 15.3 Å². The van der Waals surface area contributed by atoms with Crippen molar-refractivity contribution >= 4 is 39.8 Å². The molecule has 1 atom stereocenters. The Morgan fingerprint density at radius 2 is 2.26 bits per heavy atom. The molecule has 0 fully saturated rings. The Balaban J connectivity index is 1.83. The van der Waals surface area contributed by atoms with Crippen molar-refractivity contribution in [2.45, 2.75) is 19.2 Å². The largest absolute Gasteiger partial charge is 0.423 e. The van der Waals surface area contributed by atoms with Crippen LogP contribution in [0.15, 0.2) is 59.3 Å². The highest BCUT2D eigenvalue weighted by Crippen LogP contribution is 2.27. The first-order valence-electron chi connectivity index (χ1n) is 7.45. The molecule has 0 aliphatic rings. The van der Waals surface area contributed by atoms with Gasteiger partial charge in [0.1, 0.15) is 0 Å². The van der Waals surface area contributed by atoms with Gasteiger partial charge in [-0.3, -0.25) is 0 Å². The summed E-state index contributed by atoms with van der Waals surface area (Å²) in [4.78, 5) is 7.49. The van der Waals surface area contributed by atoms with Crippen LogP contribution in [-0.2, 0) is 0 Å². The molecule has 3 aromatic rings. The Morgan fingerprint density at radius 3 is 3.04 bits per heavy atom. The van der Waals surface area contributed by atoms with Crippen LogP contribution in [0.1, 0.15) is 19.6 Å². The van der Waals surface area contributed by atoms with E-state index in [-0.39, 0.29) is 5.38 Å². The molecule has 118 valence electrons. The molecule has 3 rings (SSSR count). The highest BCUT2D eigenvalue weighted by Gasteiger charge is 2.09. The predicted octanol–water partition coefficient (Wildman–Crippen LogP) is 5.49. The maximum Gasteiger partial charge on any atom is 0.299 e. The average Bonchev–Trinajstić information content (AvgIpc) is 3.17. The van der Waals surface area contributed by atoms with Gasteiger partial charge in [0.2, 0.25) is 0 Å². The first kappa shape index (κ1) is 15.4. The van der Waals surface area contributed by atoms with E-state index in [1.165, 1.54) is 0 Å². The van der Waals surface area contributed by atoms with Crippen molar-refractivity contribution in [2.24, 2.45) is 0 Å². The van der Waals surface area contributed by atoms with Crippen LogP contribution in [0.4, 0.5) is 11.7 Å². The van der Waals surface area contributed by atoms with E-state index in [1.54, 1.807) is 6.20 Å². The lowest BCUT2D eigenvalue weighted by Gasteiger charge is -2.03. The third-order valence-electron chi connectivity index (χ3n) is 3.48. The number of oxazole rings is 1. The first-order chi connectivity index (χ1) is 11.2. The summed E-state index contributed by atoms with van der Waals surface area (Å²) in [5.74, 6) is 0.699. The van der Waals surface area contributed by atoms with Gasteiger partial charge in [-0.05, 0) is 32.0 Å². The van der Waals surface area contributed by atoms with Crippen molar-refractivity contribution < 1.29 is 4.42 Å². The van der Waals surface area contributed by atoms with Crippen molar-refractivity contribution in [1.29, 1.82) is 0 Å². The molecule has 0 aliphatic heterocycles. The summed E-state index contributed by atoms with van der Waals surface area (Å²) >= 11 is 5.95. The third kappa shape index (κ3) is 3.48. The van der Waals surface area contributed by atoms with Crippen LogP contribution in [0.25, 0.3) is 16.5 Å². The van der Waals surface area contributed by atoms with E-state index in [9.17, 15) is 0 Å². The zero-order chi connectivity index (χ0) is 16.2. The SMILES string of the molecule is C/C=C(\C=C/C(C)Cl)c1cnc(Nc2cccc3[nH]ccc23)o1. The van der Waals surface area contributed by atoms with Crippen molar-refractivity contribution in [3.63, 3.8) is 0 Å². The number of hydrogen-bond acceptors (Lipinski definition) is 3. The average molecular weight is 328 g/mol. The number of alkyl halides is 1. The fourth-order valence-electron chi connectivity index (χ4n) is 2.33. The minimum atomic E-state index is -0.0309. The maximum absolute atomic E-state index is 5.95. The Bertz CT molecular complexity index is 858. The molecule has 0 aliphatic carbocycles. The molecule has 0 spiro atoms. The lowest BCUT2D eigenvalue weighted by molar-refractivity contribution is 0.565. The van der Waals surface area contributed by atoms with Crippen LogP contribution in [0.3, 0.4) is 0 Å². The molecule has 4 nitrogen and oxygen atoms in total. The van der Waals surface area contributed by atoms with Crippen LogP contribution in [0, 0.1) is 0 Å². The number of aromatic nitrogens is 2. The van der Waals surface area contributed by atoms with Crippen molar-refractivity contribution in [3.8, 4) is 0 Å². The summed E-state index contributed by atoms with van der Waals surface area (Å²) in [6, 6.07) is 8.47. The number of allylic oxidation sites excluding steroid dienone is 4. The number of H-pyrrole nitrogens is 1. The molecular formula is C18H18ClN3O. The minimum Gasteiger partial charge on any atom is -0.423 e. The number of aromatic amines is 1. The van der Waals surface area contributed by atoms with Crippen LogP contribution >= 0.6 is 11.6 Å². The summed E-state index contributed by atoms with van der Waals surface area (Å²) in [6.45, 7) is 3.87. The van der Waals surface area contributed by atoms with Crippen molar-refractivity contribution in [2.75, 3.05) is 5.32 Å². The quantitative estimate of drug-likeness (QED) is 0.481. The van der Waals surface area contributed by atoms with Crippen molar-refractivity contribution in [1.82, 2.24) is 9.97 Å². The number of anilines is 2. The van der Waals surface area contributed by atoms with Crippen LogP contribution in [0.2, 0.25) is 0 Å². The van der Waals surface area contributed by atoms with E-state index >= 15 is 0 Å². The molecular weight excluding hydrogens is 310 g/mol. The standard InChI is InChI=1S/C18H18ClN3O/c1-3-13(8-7-12(2)19)17-11-21-18(23-17)22-16-6-4-5-15-14(16)9-10-20-15/h3-12,20H,1-2H3,(H,21,22)/b8-7-,13-3+. The molecule has 0 saturated carbocycles. The van der Waals surface area contributed by atoms with E-state index < -0.39 is 0 Å². The molecule has 2 aromatic heterocycles. The minimum absolute atomic E-state index is 0.0309. The van der Waals surface area contributed by atoms with Gasteiger partial charge in [0.15, 0.2) is 5.76 Å². The van der Waals surface area contributed by atoms with Crippen molar-refractivity contribution in [3.05, 3.63) is 60.6 Å². The molecule has 2 N–H and O–H groups in total. The second-order valence-corrected chi connectivity index (χ2v) is 5.87. The second-order valence-electron chi connectivity index (χ2n) is 5.18. The Kier molecular flexibility index (Phi) is 4.53. The zero-order valence-electron chi connectivity index (χ0n) is 13.0. The summed E-state index contributed by atoms with van der Waals surface area (Å²) < 4.78 is 5.80. The smallest absolute Gasteiger partial charge is 0.299 e. The van der Waals surface area contributed by atoms with Gasteiger partial charge in [0, 0.05) is 28.0 Å². The maximum atomic E-state index is 5.95. The summed E-state index contributed by atoms with van der Waals surface area (Å²) in [5.41, 5.74) is 2.96. The number of nitrogens with zero attached hydrogens (tertiary/aromatic N) is 1. The molecule has 0 bridgehead atoms. The predicted molar refractivity (Wildman–Crippen MR) is 96.2 cm³/mol. The fourth-order valence-corrected chi connectivity index (χ4v) is 2.40. The topological polar surface area (TPSA) is 53.9 Å². The molecule has 23 heavy (non-hydrogen) atoms. The number of hydrogen-bond donors (Lipinski definition) is 2. The zero-order valence-corrected chi connectivity index (χ0v) is 13.8. The number of rotatable bonds is 5. The van der Waals surface area contributed by atoms with Gasteiger partial charge in [0.25, 0.3) is 6.01 Å². The second kappa shape index (κ2) is 6.75. The van der Waals surface area contributed by atoms with Gasteiger partial charge < -0.3 is 14.7 Å². The highest BCUT2D eigenvalue weighted by atomic mass is 35.5. The molecule has 1 aromatic carbocycles. The van der Waals surface area contributed by atoms with E-state index in [1.807, 2.05) is 62.5 Å². The third-order valence-corrected chi connectivity index (χ3v) is 3.62. The van der Waals surface area contributed by atoms with Gasteiger partial charge in [-0.15, -0.1) is 11.6 Å². The summed E-state index contributed by atoms with van der Waals surface area (Å²) in [7, 11) is 0. The monoisotopic (exact) mass is 327 g/mol. The van der Waals surface area contributed by atoms with E-state index in [4.69, 9.17) is 16.0 Å². The molecule has 0 amide bonds. The number of benzene rings is 1. The Labute approximate surface area is 139 Å². The molecule has 0 radical (unpaired) electrons. The van der Waals surface area contributed by atoms with Gasteiger partial charge in [-0.2, -0.15) is 0 Å². The van der Waals surface area contributed by atoms with E-state index in [0.717, 1.165) is 22.2 Å². The molecule has 0 saturated heterocycles. The Hall–Kier alpha value is -2.46. The van der Waals surface area contributed by atoms with Gasteiger partial charge in [-0.25, -0.2) is 4.98 Å². The first-order valence-corrected chi connectivity index (χ1v) is 7.89. The summed E-state index contributed by atoms with van der Waals surface area (Å²) in [6.07, 6.45) is 9.43. The number of nitrogens with one attached hydrogen (secondary N) is 2. The van der Waals surface area contributed by atoms with Gasteiger partial charge in [-0.1, -0.05) is 24.3 Å². The summed E-state index contributed by atoms with van der Waals surface area (Å²) in [5, 5.41) is 4.28. The normalized spacial score (nSPS) is 13.8. The van der Waals surface area contributed by atoms with Gasteiger partial charge >= 0.3 is 0 Å². The van der Waals surface area contributed by atoms with Gasteiger partial charge in [0.05, 0.1) is 11.9 Å². The number of fused-ring (bicyclic) bond motifs is 1. The van der Waals surface area contributed by atoms with E-state index in [0.29, 0.717) is 11.8 Å². The molecule has 2 heterocycles. The molecule has 1 unspecified atom stereocenters. The molecule has 5 heteroatoms. The number of halogens is 1. The van der Waals surface area contributed by atoms with Crippen LogP contribution in [0.5, 0.6) is 0 Å². The fraction of sp³-hybridized carbons (Fsp3) is 0.167. The highest BCUT2D eigenvalue weighted by molar-refractivity contribution is 6.21. The lowest BCUT2D eigenvalue weighted by Crippen LogP contribution is -1.90. The Morgan fingerprint density at radius 1 is 1.39 bits per heavy atom. The van der Waals surface area contributed by atoms with E-state index in [2.05, 4.69) is 15.3 Å². The van der Waals surface area contributed by atoms with Crippen LogP contribution < -0.4 is 5.32 Å².